The topological polar surface area (TPSA) is 52.9 Å². The third-order valence-electron chi connectivity index (χ3n) is 1.25. The average Bonchev–Trinajstić information content (AvgIpc) is 1.84. The van der Waals surface area contributed by atoms with Crippen molar-refractivity contribution in [2.24, 2.45) is 5.41 Å². The standard InChI is InChI=1S/C9H16N2O/c1-9(2,3)7-8(12)11-6-4-5-10/h4,6-7H2,1-3H3,(H,11,12). The van der Waals surface area contributed by atoms with Crippen LogP contribution in [0.4, 0.5) is 0 Å². The van der Waals surface area contributed by atoms with Gasteiger partial charge in [-0.25, -0.2) is 0 Å². The normalized spacial score (nSPS) is 10.5. The number of nitriles is 1. The SMILES string of the molecule is CC(C)(C)CC(=O)NCCC#N. The maximum atomic E-state index is 11.1. The summed E-state index contributed by atoms with van der Waals surface area (Å²) in [4.78, 5) is 11.1. The van der Waals surface area contributed by atoms with Crippen molar-refractivity contribution < 1.29 is 4.79 Å². The molecular formula is C9H16N2O. The highest BCUT2D eigenvalue weighted by Crippen LogP contribution is 2.17. The Hall–Kier alpha value is -1.04. The van der Waals surface area contributed by atoms with Crippen molar-refractivity contribution >= 4 is 5.91 Å². The molecule has 1 amide bonds. The van der Waals surface area contributed by atoms with Gasteiger partial charge >= 0.3 is 0 Å². The number of carbonyl (C=O) groups excluding carboxylic acids is 1. The van der Waals surface area contributed by atoms with E-state index < -0.39 is 0 Å². The zero-order valence-electron chi connectivity index (χ0n) is 7.98. The van der Waals surface area contributed by atoms with Crippen LogP contribution in [0, 0.1) is 16.7 Å². The summed E-state index contributed by atoms with van der Waals surface area (Å²) >= 11 is 0. The van der Waals surface area contributed by atoms with Crippen molar-refractivity contribution in [2.75, 3.05) is 6.54 Å². The van der Waals surface area contributed by atoms with Crippen LogP contribution in [0.1, 0.15) is 33.6 Å². The number of nitrogens with zero attached hydrogens (tertiary/aromatic N) is 1. The van der Waals surface area contributed by atoms with Gasteiger partial charge in [0, 0.05) is 13.0 Å². The van der Waals surface area contributed by atoms with E-state index in [1.165, 1.54) is 0 Å². The van der Waals surface area contributed by atoms with Crippen molar-refractivity contribution in [2.45, 2.75) is 33.6 Å². The molecule has 0 bridgehead atoms. The fourth-order valence-electron chi connectivity index (χ4n) is 0.802. The minimum atomic E-state index is 0.0245. The van der Waals surface area contributed by atoms with E-state index in [4.69, 9.17) is 5.26 Å². The first kappa shape index (κ1) is 11.0. The third kappa shape index (κ3) is 7.07. The van der Waals surface area contributed by atoms with E-state index in [1.54, 1.807) is 0 Å². The Morgan fingerprint density at radius 3 is 2.50 bits per heavy atom. The van der Waals surface area contributed by atoms with Crippen molar-refractivity contribution in [3.05, 3.63) is 0 Å². The van der Waals surface area contributed by atoms with E-state index in [-0.39, 0.29) is 11.3 Å². The molecule has 0 saturated heterocycles. The second-order valence-corrected chi connectivity index (χ2v) is 4.00. The second-order valence-electron chi connectivity index (χ2n) is 4.00. The van der Waals surface area contributed by atoms with Crippen molar-refractivity contribution in [1.82, 2.24) is 5.32 Å². The van der Waals surface area contributed by atoms with Crippen LogP contribution in [-0.4, -0.2) is 12.5 Å². The minimum Gasteiger partial charge on any atom is -0.355 e. The zero-order valence-corrected chi connectivity index (χ0v) is 7.98. The predicted molar refractivity (Wildman–Crippen MR) is 47.3 cm³/mol. The van der Waals surface area contributed by atoms with Crippen LogP contribution < -0.4 is 5.32 Å². The van der Waals surface area contributed by atoms with Gasteiger partial charge in [-0.2, -0.15) is 5.26 Å². The Labute approximate surface area is 73.8 Å². The smallest absolute Gasteiger partial charge is 0.220 e. The maximum absolute atomic E-state index is 11.1. The van der Waals surface area contributed by atoms with E-state index in [2.05, 4.69) is 5.32 Å². The summed E-state index contributed by atoms with van der Waals surface area (Å²) in [6, 6.07) is 1.97. The van der Waals surface area contributed by atoms with Gasteiger partial charge in [0.25, 0.3) is 0 Å². The van der Waals surface area contributed by atoms with Gasteiger partial charge in [0.05, 0.1) is 12.5 Å². The van der Waals surface area contributed by atoms with Gasteiger partial charge < -0.3 is 5.32 Å². The number of rotatable bonds is 3. The van der Waals surface area contributed by atoms with Crippen molar-refractivity contribution in [3.8, 4) is 6.07 Å². The molecule has 3 heteroatoms. The molecule has 0 aliphatic rings. The molecular weight excluding hydrogens is 152 g/mol. The lowest BCUT2D eigenvalue weighted by Crippen LogP contribution is -2.28. The summed E-state index contributed by atoms with van der Waals surface area (Å²) in [5.41, 5.74) is 0.0245. The fourth-order valence-corrected chi connectivity index (χ4v) is 0.802. The molecule has 1 N–H and O–H groups in total. The molecule has 0 aliphatic heterocycles. The van der Waals surface area contributed by atoms with Crippen molar-refractivity contribution in [1.29, 1.82) is 5.26 Å². The summed E-state index contributed by atoms with van der Waals surface area (Å²) in [6.07, 6.45) is 0.897. The number of carbonyl (C=O) groups is 1. The van der Waals surface area contributed by atoms with Gasteiger partial charge in [0.2, 0.25) is 5.91 Å². The van der Waals surface area contributed by atoms with E-state index in [9.17, 15) is 4.79 Å². The summed E-state index contributed by atoms with van der Waals surface area (Å²) in [5.74, 6) is 0.0257. The largest absolute Gasteiger partial charge is 0.355 e. The molecule has 0 aromatic carbocycles. The molecule has 0 radical (unpaired) electrons. The minimum absolute atomic E-state index is 0.0245. The number of hydrogen-bond acceptors (Lipinski definition) is 2. The summed E-state index contributed by atoms with van der Waals surface area (Å²) in [5, 5.41) is 10.9. The lowest BCUT2D eigenvalue weighted by molar-refractivity contribution is -0.122. The Morgan fingerprint density at radius 1 is 1.50 bits per heavy atom. The van der Waals surface area contributed by atoms with Gasteiger partial charge in [0.15, 0.2) is 0 Å². The molecule has 0 aliphatic carbocycles. The van der Waals surface area contributed by atoms with Crippen LogP contribution >= 0.6 is 0 Å². The first-order valence-electron chi connectivity index (χ1n) is 4.09. The Morgan fingerprint density at radius 2 is 2.08 bits per heavy atom. The Bertz CT molecular complexity index is 186. The molecule has 0 saturated carbocycles. The molecule has 0 aromatic heterocycles. The molecule has 0 rings (SSSR count). The first-order valence-corrected chi connectivity index (χ1v) is 4.09. The lowest BCUT2D eigenvalue weighted by Gasteiger charge is -2.16. The summed E-state index contributed by atoms with van der Waals surface area (Å²) in [6.45, 7) is 6.50. The van der Waals surface area contributed by atoms with Crippen LogP contribution in [0.15, 0.2) is 0 Å². The molecule has 0 unspecified atom stereocenters. The highest BCUT2D eigenvalue weighted by Gasteiger charge is 2.14. The molecule has 68 valence electrons. The van der Waals surface area contributed by atoms with Gasteiger partial charge in [-0.1, -0.05) is 20.8 Å². The molecule has 0 heterocycles. The van der Waals surface area contributed by atoms with Gasteiger partial charge in [-0.3, -0.25) is 4.79 Å². The van der Waals surface area contributed by atoms with Gasteiger partial charge in [-0.15, -0.1) is 0 Å². The van der Waals surface area contributed by atoms with E-state index in [1.807, 2.05) is 26.8 Å². The zero-order chi connectivity index (χ0) is 9.61. The summed E-state index contributed by atoms with van der Waals surface area (Å²) in [7, 11) is 0. The highest BCUT2D eigenvalue weighted by molar-refractivity contribution is 5.76. The highest BCUT2D eigenvalue weighted by atomic mass is 16.1. The first-order chi connectivity index (χ1) is 5.45. The molecule has 0 atom stereocenters. The second kappa shape index (κ2) is 4.76. The van der Waals surface area contributed by atoms with Crippen LogP contribution in [-0.2, 0) is 4.79 Å². The molecule has 12 heavy (non-hydrogen) atoms. The van der Waals surface area contributed by atoms with E-state index >= 15 is 0 Å². The molecule has 3 nitrogen and oxygen atoms in total. The quantitative estimate of drug-likeness (QED) is 0.648. The molecule has 0 aromatic rings. The van der Waals surface area contributed by atoms with Crippen LogP contribution in [0.2, 0.25) is 0 Å². The number of nitrogens with one attached hydrogen (secondary N) is 1. The van der Waals surface area contributed by atoms with E-state index in [0.29, 0.717) is 19.4 Å². The van der Waals surface area contributed by atoms with Gasteiger partial charge in [0.1, 0.15) is 0 Å². The van der Waals surface area contributed by atoms with Crippen LogP contribution in [0.25, 0.3) is 0 Å². The van der Waals surface area contributed by atoms with Crippen LogP contribution in [0.3, 0.4) is 0 Å². The maximum Gasteiger partial charge on any atom is 0.220 e. The third-order valence-corrected chi connectivity index (χ3v) is 1.25. The molecule has 0 spiro atoms. The van der Waals surface area contributed by atoms with Gasteiger partial charge in [-0.05, 0) is 5.41 Å². The Kier molecular flexibility index (Phi) is 4.35. The monoisotopic (exact) mass is 168 g/mol. The predicted octanol–water partition coefficient (Wildman–Crippen LogP) is 1.45. The van der Waals surface area contributed by atoms with E-state index in [0.717, 1.165) is 0 Å². The van der Waals surface area contributed by atoms with Crippen molar-refractivity contribution in [3.63, 3.8) is 0 Å². The fraction of sp³-hybridized carbons (Fsp3) is 0.778. The Balaban J connectivity index is 3.56. The number of hydrogen-bond donors (Lipinski definition) is 1. The lowest BCUT2D eigenvalue weighted by atomic mass is 9.92. The molecule has 0 fully saturated rings. The summed E-state index contributed by atoms with van der Waals surface area (Å²) < 4.78 is 0. The van der Waals surface area contributed by atoms with Crippen LogP contribution in [0.5, 0.6) is 0 Å². The average molecular weight is 168 g/mol. The number of amides is 1.